The van der Waals surface area contributed by atoms with Gasteiger partial charge in [0.05, 0.1) is 11.4 Å². The number of halogens is 2. The summed E-state index contributed by atoms with van der Waals surface area (Å²) >= 11 is 4.33. The van der Waals surface area contributed by atoms with Crippen LogP contribution in [0.15, 0.2) is 27.8 Å². The Labute approximate surface area is 121 Å². The predicted octanol–water partition coefficient (Wildman–Crippen LogP) is 2.65. The number of hydrogen-bond acceptors (Lipinski definition) is 4. The van der Waals surface area contributed by atoms with E-state index in [0.717, 1.165) is 11.8 Å². The van der Waals surface area contributed by atoms with Crippen LogP contribution in [0.4, 0.5) is 4.39 Å². The lowest BCUT2D eigenvalue weighted by atomic mass is 10.3. The lowest BCUT2D eigenvalue weighted by Crippen LogP contribution is -2.03. The second-order valence-electron chi connectivity index (χ2n) is 3.64. The number of nitrogens with zero attached hydrogens (tertiary/aromatic N) is 3. The van der Waals surface area contributed by atoms with Crippen molar-refractivity contribution in [3.63, 3.8) is 0 Å². The summed E-state index contributed by atoms with van der Waals surface area (Å²) in [6.45, 7) is 1.74. The molecule has 5 nitrogen and oxygen atoms in total. The summed E-state index contributed by atoms with van der Waals surface area (Å²) in [5.41, 5.74) is 0.664. The van der Waals surface area contributed by atoms with Crippen LogP contribution in [0.2, 0.25) is 0 Å². The van der Waals surface area contributed by atoms with E-state index < -0.39 is 5.97 Å². The number of thioether (sulfide) groups is 1. The minimum absolute atomic E-state index is 0.114. The van der Waals surface area contributed by atoms with Crippen molar-refractivity contribution >= 4 is 33.7 Å². The molecule has 0 atom stereocenters. The van der Waals surface area contributed by atoms with E-state index in [0.29, 0.717) is 21.1 Å². The highest BCUT2D eigenvalue weighted by Crippen LogP contribution is 2.27. The zero-order valence-electron chi connectivity index (χ0n) is 9.80. The minimum Gasteiger partial charge on any atom is -0.481 e. The Bertz CT molecular complexity index is 632. The van der Waals surface area contributed by atoms with E-state index in [1.165, 1.54) is 12.1 Å². The van der Waals surface area contributed by atoms with E-state index in [1.807, 2.05) is 0 Å². The van der Waals surface area contributed by atoms with Gasteiger partial charge in [-0.25, -0.2) is 4.39 Å². The molecule has 100 valence electrons. The molecule has 0 fully saturated rings. The smallest absolute Gasteiger partial charge is 0.313 e. The monoisotopic (exact) mass is 345 g/mol. The molecule has 1 heterocycles. The maximum atomic E-state index is 13.1. The third-order valence-corrected chi connectivity index (χ3v) is 3.82. The molecule has 0 bridgehead atoms. The van der Waals surface area contributed by atoms with Crippen molar-refractivity contribution in [1.82, 2.24) is 14.8 Å². The Morgan fingerprint density at radius 3 is 2.89 bits per heavy atom. The van der Waals surface area contributed by atoms with Gasteiger partial charge in [0.2, 0.25) is 0 Å². The van der Waals surface area contributed by atoms with Crippen molar-refractivity contribution in [1.29, 1.82) is 0 Å². The van der Waals surface area contributed by atoms with E-state index in [1.54, 1.807) is 17.6 Å². The summed E-state index contributed by atoms with van der Waals surface area (Å²) in [5, 5.41) is 17.0. The first kappa shape index (κ1) is 14.0. The van der Waals surface area contributed by atoms with E-state index in [2.05, 4.69) is 26.1 Å². The van der Waals surface area contributed by atoms with Crippen LogP contribution in [-0.4, -0.2) is 31.6 Å². The zero-order chi connectivity index (χ0) is 14.0. The summed E-state index contributed by atoms with van der Waals surface area (Å²) < 4.78 is 15.3. The first-order chi connectivity index (χ1) is 8.99. The molecule has 0 amide bonds. The van der Waals surface area contributed by atoms with Gasteiger partial charge in [-0.05, 0) is 41.1 Å². The van der Waals surface area contributed by atoms with E-state index in [4.69, 9.17) is 5.11 Å². The van der Waals surface area contributed by atoms with Crippen molar-refractivity contribution in [3.05, 3.63) is 34.3 Å². The second kappa shape index (κ2) is 5.70. The van der Waals surface area contributed by atoms with Gasteiger partial charge < -0.3 is 5.11 Å². The quantitative estimate of drug-likeness (QED) is 0.862. The molecule has 1 aromatic carbocycles. The molecule has 1 aromatic heterocycles. The van der Waals surface area contributed by atoms with Crippen molar-refractivity contribution in [3.8, 4) is 5.69 Å². The van der Waals surface area contributed by atoms with Crippen LogP contribution in [0.3, 0.4) is 0 Å². The van der Waals surface area contributed by atoms with Crippen LogP contribution in [0, 0.1) is 12.7 Å². The number of hydrogen-bond donors (Lipinski definition) is 1. The van der Waals surface area contributed by atoms with Gasteiger partial charge >= 0.3 is 5.97 Å². The molecule has 0 spiro atoms. The van der Waals surface area contributed by atoms with E-state index in [-0.39, 0.29) is 11.6 Å². The summed E-state index contributed by atoms with van der Waals surface area (Å²) in [7, 11) is 0. The second-order valence-corrected chi connectivity index (χ2v) is 5.44. The number of carboxylic acid groups (broad SMARTS) is 1. The van der Waals surface area contributed by atoms with Crippen molar-refractivity contribution in [2.75, 3.05) is 5.75 Å². The number of carbonyl (C=O) groups is 1. The van der Waals surface area contributed by atoms with Crippen LogP contribution >= 0.6 is 27.7 Å². The molecule has 2 aromatic rings. The summed E-state index contributed by atoms with van der Waals surface area (Å²) in [5.74, 6) is -0.812. The Balaban J connectivity index is 2.43. The molecule has 0 aliphatic heterocycles. The molecular weight excluding hydrogens is 337 g/mol. The van der Waals surface area contributed by atoms with Crippen molar-refractivity contribution in [2.24, 2.45) is 0 Å². The number of benzene rings is 1. The fourth-order valence-electron chi connectivity index (χ4n) is 1.50. The van der Waals surface area contributed by atoms with Gasteiger partial charge in [0.1, 0.15) is 11.6 Å². The predicted molar refractivity (Wildman–Crippen MR) is 72.1 cm³/mol. The van der Waals surface area contributed by atoms with Crippen LogP contribution in [0.5, 0.6) is 0 Å². The molecular formula is C11H9BrFN3O2S. The van der Waals surface area contributed by atoms with Gasteiger partial charge in [0, 0.05) is 4.47 Å². The number of aromatic nitrogens is 3. The normalized spacial score (nSPS) is 10.7. The van der Waals surface area contributed by atoms with Crippen LogP contribution in [0.1, 0.15) is 5.82 Å². The Hall–Kier alpha value is -1.41. The van der Waals surface area contributed by atoms with Gasteiger partial charge in [-0.15, -0.1) is 10.2 Å². The van der Waals surface area contributed by atoms with Gasteiger partial charge in [0.15, 0.2) is 5.16 Å². The Kier molecular flexibility index (Phi) is 4.20. The largest absolute Gasteiger partial charge is 0.481 e. The highest BCUT2D eigenvalue weighted by Gasteiger charge is 2.15. The fraction of sp³-hybridized carbons (Fsp3) is 0.182. The molecule has 0 radical (unpaired) electrons. The summed E-state index contributed by atoms with van der Waals surface area (Å²) in [6, 6.07) is 4.24. The van der Waals surface area contributed by atoms with Gasteiger partial charge in [-0.3, -0.25) is 9.36 Å². The average Bonchev–Trinajstić information content (AvgIpc) is 2.68. The molecule has 0 saturated carbocycles. The number of aliphatic carboxylic acids is 1. The van der Waals surface area contributed by atoms with E-state index >= 15 is 0 Å². The van der Waals surface area contributed by atoms with E-state index in [9.17, 15) is 9.18 Å². The number of aryl methyl sites for hydroxylation is 1. The lowest BCUT2D eigenvalue weighted by Gasteiger charge is -2.09. The number of carboxylic acids is 1. The molecule has 0 aliphatic rings. The summed E-state index contributed by atoms with van der Waals surface area (Å²) in [4.78, 5) is 10.6. The van der Waals surface area contributed by atoms with Crippen molar-refractivity contribution < 1.29 is 14.3 Å². The van der Waals surface area contributed by atoms with Gasteiger partial charge in [-0.1, -0.05) is 11.8 Å². The fourth-order valence-corrected chi connectivity index (χ4v) is 2.74. The molecule has 0 aliphatic carbocycles. The summed E-state index contributed by atoms with van der Waals surface area (Å²) in [6.07, 6.45) is 0. The first-order valence-corrected chi connectivity index (χ1v) is 6.99. The van der Waals surface area contributed by atoms with Crippen LogP contribution < -0.4 is 0 Å². The molecule has 2 rings (SSSR count). The SMILES string of the molecule is Cc1nnc(SCC(=O)O)n1-c1ccc(F)cc1Br. The number of rotatable bonds is 4. The molecule has 8 heteroatoms. The topological polar surface area (TPSA) is 68.0 Å². The Morgan fingerprint density at radius 1 is 1.53 bits per heavy atom. The highest BCUT2D eigenvalue weighted by molar-refractivity contribution is 9.10. The molecule has 0 unspecified atom stereocenters. The Morgan fingerprint density at radius 2 is 2.26 bits per heavy atom. The first-order valence-electron chi connectivity index (χ1n) is 5.21. The molecule has 19 heavy (non-hydrogen) atoms. The maximum absolute atomic E-state index is 13.1. The molecule has 1 N–H and O–H groups in total. The third kappa shape index (κ3) is 3.13. The standard InChI is InChI=1S/C11H9BrFN3O2S/c1-6-14-15-11(19-5-10(17)18)16(6)9-3-2-7(13)4-8(9)12/h2-4H,5H2,1H3,(H,17,18). The molecule has 0 saturated heterocycles. The average molecular weight is 346 g/mol. The van der Waals surface area contributed by atoms with Gasteiger partial charge in [-0.2, -0.15) is 0 Å². The van der Waals surface area contributed by atoms with Crippen LogP contribution in [-0.2, 0) is 4.79 Å². The van der Waals surface area contributed by atoms with Gasteiger partial charge in [0.25, 0.3) is 0 Å². The van der Waals surface area contributed by atoms with Crippen molar-refractivity contribution in [2.45, 2.75) is 12.1 Å². The van der Waals surface area contributed by atoms with Crippen LogP contribution in [0.25, 0.3) is 5.69 Å². The third-order valence-electron chi connectivity index (χ3n) is 2.27. The minimum atomic E-state index is -0.935. The highest BCUT2D eigenvalue weighted by atomic mass is 79.9. The maximum Gasteiger partial charge on any atom is 0.313 e. The lowest BCUT2D eigenvalue weighted by molar-refractivity contribution is -0.133. The zero-order valence-corrected chi connectivity index (χ0v) is 12.2.